The molecule has 0 unspecified atom stereocenters. The lowest BCUT2D eigenvalue weighted by molar-refractivity contribution is -0.607. The Kier molecular flexibility index (Phi) is 4.79. The van der Waals surface area contributed by atoms with Crippen molar-refractivity contribution in [2.45, 2.75) is 26.4 Å². The second-order valence-corrected chi connectivity index (χ2v) is 6.17. The van der Waals surface area contributed by atoms with Gasteiger partial charge in [-0.1, -0.05) is 5.16 Å². The van der Waals surface area contributed by atoms with Crippen LogP contribution in [0.5, 0.6) is 11.5 Å². The van der Waals surface area contributed by atoms with Crippen molar-refractivity contribution in [1.82, 2.24) is 0 Å². The van der Waals surface area contributed by atoms with Crippen LogP contribution in [0.1, 0.15) is 37.6 Å². The van der Waals surface area contributed by atoms with E-state index in [-0.39, 0.29) is 22.5 Å². The molecule has 0 aliphatic rings. The quantitative estimate of drug-likeness (QED) is 0.384. The highest BCUT2D eigenvalue weighted by atomic mass is 19.1. The summed E-state index contributed by atoms with van der Waals surface area (Å²) in [4.78, 5) is 5.31. The Morgan fingerprint density at radius 2 is 2.00 bits per heavy atom. The Labute approximate surface area is 143 Å². The second-order valence-electron chi connectivity index (χ2n) is 6.17. The normalized spacial score (nSPS) is 11.9. The number of oxime groups is 1. The van der Waals surface area contributed by atoms with E-state index in [2.05, 4.69) is 5.16 Å². The van der Waals surface area contributed by atoms with Gasteiger partial charge in [0, 0.05) is 12.1 Å². The maximum Gasteiger partial charge on any atom is 0.288 e. The van der Waals surface area contributed by atoms with Crippen LogP contribution < -0.4 is 4.73 Å². The smallest absolute Gasteiger partial charge is 0.288 e. The number of benzene rings is 1. The van der Waals surface area contributed by atoms with Crippen LogP contribution in [-0.4, -0.2) is 21.5 Å². The molecule has 0 spiro atoms. The van der Waals surface area contributed by atoms with Gasteiger partial charge in [0.1, 0.15) is 23.2 Å². The number of aromatic nitrogens is 1. The molecule has 2 N–H and O–H groups in total. The van der Waals surface area contributed by atoms with Gasteiger partial charge in [0.15, 0.2) is 17.7 Å². The first-order valence-electron chi connectivity index (χ1n) is 7.24. The molecule has 130 valence electrons. The van der Waals surface area contributed by atoms with E-state index in [9.17, 15) is 19.8 Å². The number of rotatable bonds is 3. The van der Waals surface area contributed by atoms with Gasteiger partial charge >= 0.3 is 0 Å². The second kappa shape index (κ2) is 6.65. The van der Waals surface area contributed by atoms with Gasteiger partial charge in [-0.25, -0.2) is 4.39 Å². The fraction of sp³-hybridized carbons (Fsp3) is 0.235. The average Bonchev–Trinajstić information content (AvgIpc) is 2.50. The number of pyridine rings is 1. The lowest BCUT2D eigenvalue weighted by Gasteiger charge is -2.17. The van der Waals surface area contributed by atoms with Crippen molar-refractivity contribution >= 4 is 5.71 Å². The van der Waals surface area contributed by atoms with Crippen LogP contribution in [-0.2, 0) is 4.84 Å². The van der Waals surface area contributed by atoms with E-state index in [4.69, 9.17) is 10.1 Å². The molecular weight excluding hydrogens is 329 g/mol. The summed E-state index contributed by atoms with van der Waals surface area (Å²) >= 11 is 0. The average molecular weight is 345 g/mol. The molecule has 1 aromatic heterocycles. The summed E-state index contributed by atoms with van der Waals surface area (Å²) in [5, 5.41) is 45.1. The topological polar surface area (TPSA) is 113 Å². The number of aromatic hydroxyl groups is 2. The largest absolute Gasteiger partial charge is 0.618 e. The lowest BCUT2D eigenvalue weighted by atomic mass is 10.0. The van der Waals surface area contributed by atoms with Crippen LogP contribution in [0.2, 0.25) is 0 Å². The summed E-state index contributed by atoms with van der Waals surface area (Å²) < 4.78 is 14.0. The SMILES string of the molecule is CC(C)(C)O/N=C(/c1cc(C#N)c(F)cc1O)c1c(O)ccc[n+]1[O-]. The van der Waals surface area contributed by atoms with Gasteiger partial charge in [-0.2, -0.15) is 9.99 Å². The van der Waals surface area contributed by atoms with Crippen LogP contribution in [0.15, 0.2) is 35.6 Å². The Balaban J connectivity index is 2.76. The monoisotopic (exact) mass is 345 g/mol. The fourth-order valence-corrected chi connectivity index (χ4v) is 1.95. The molecule has 0 saturated carbocycles. The molecule has 8 heteroatoms. The zero-order chi connectivity index (χ0) is 18.8. The highest BCUT2D eigenvalue weighted by Crippen LogP contribution is 2.27. The molecule has 0 aliphatic carbocycles. The van der Waals surface area contributed by atoms with Crippen LogP contribution in [0.3, 0.4) is 0 Å². The van der Waals surface area contributed by atoms with Gasteiger partial charge in [0.2, 0.25) is 0 Å². The Morgan fingerprint density at radius 3 is 2.56 bits per heavy atom. The molecule has 0 amide bonds. The van der Waals surface area contributed by atoms with Gasteiger partial charge in [-0.05, 0) is 32.9 Å². The van der Waals surface area contributed by atoms with Crippen molar-refractivity contribution in [3.8, 4) is 17.6 Å². The first kappa shape index (κ1) is 18.0. The standard InChI is InChI=1S/C17H16FN3O4/c1-17(2,3)25-20-15(16-13(22)5-4-6-21(16)24)11-7-10(9-19)12(18)8-14(11)23/h4-8,22-23H,1-3H3/b20-15-. The van der Waals surface area contributed by atoms with Gasteiger partial charge in [-0.3, -0.25) is 0 Å². The highest BCUT2D eigenvalue weighted by molar-refractivity contribution is 6.13. The molecule has 0 fully saturated rings. The number of nitrogens with zero attached hydrogens (tertiary/aromatic N) is 3. The van der Waals surface area contributed by atoms with E-state index in [1.165, 1.54) is 12.1 Å². The lowest BCUT2D eigenvalue weighted by Crippen LogP contribution is -2.35. The van der Waals surface area contributed by atoms with Crippen molar-refractivity contribution in [3.05, 3.63) is 58.3 Å². The van der Waals surface area contributed by atoms with Crippen molar-refractivity contribution in [2.24, 2.45) is 5.16 Å². The molecule has 1 aromatic carbocycles. The van der Waals surface area contributed by atoms with Crippen LogP contribution in [0, 0.1) is 22.4 Å². The number of phenols is 1. The van der Waals surface area contributed by atoms with Crippen LogP contribution in [0.4, 0.5) is 4.39 Å². The molecule has 25 heavy (non-hydrogen) atoms. The summed E-state index contributed by atoms with van der Waals surface area (Å²) in [6.45, 7) is 5.11. The summed E-state index contributed by atoms with van der Waals surface area (Å²) in [5.74, 6) is -1.90. The molecular formula is C17H16FN3O4. The van der Waals surface area contributed by atoms with Crippen LogP contribution >= 0.6 is 0 Å². The molecule has 0 atom stereocenters. The minimum Gasteiger partial charge on any atom is -0.618 e. The molecule has 2 rings (SSSR count). The summed E-state index contributed by atoms with van der Waals surface area (Å²) in [5.41, 5.74) is -1.77. The highest BCUT2D eigenvalue weighted by Gasteiger charge is 2.27. The zero-order valence-electron chi connectivity index (χ0n) is 13.8. The minimum atomic E-state index is -0.924. The third kappa shape index (κ3) is 3.95. The van der Waals surface area contributed by atoms with Crippen molar-refractivity contribution in [1.29, 1.82) is 5.26 Å². The van der Waals surface area contributed by atoms with E-state index >= 15 is 0 Å². The van der Waals surface area contributed by atoms with Gasteiger partial charge in [0.05, 0.1) is 11.1 Å². The number of hydrogen-bond acceptors (Lipinski definition) is 6. The van der Waals surface area contributed by atoms with Gasteiger partial charge < -0.3 is 20.3 Å². The Morgan fingerprint density at radius 1 is 1.32 bits per heavy atom. The maximum atomic E-state index is 13.7. The third-order valence-electron chi connectivity index (χ3n) is 3.03. The predicted octanol–water partition coefficient (Wildman–Crippen LogP) is 2.31. The fourth-order valence-electron chi connectivity index (χ4n) is 1.95. The first-order valence-corrected chi connectivity index (χ1v) is 7.24. The van der Waals surface area contributed by atoms with E-state index in [0.29, 0.717) is 4.73 Å². The molecule has 7 nitrogen and oxygen atoms in total. The summed E-state index contributed by atoms with van der Waals surface area (Å²) in [6, 6.07) is 5.97. The number of nitriles is 1. The van der Waals surface area contributed by atoms with E-state index < -0.39 is 22.9 Å². The van der Waals surface area contributed by atoms with E-state index in [1.807, 2.05) is 0 Å². The van der Waals surface area contributed by atoms with E-state index in [1.54, 1.807) is 26.8 Å². The van der Waals surface area contributed by atoms with E-state index in [0.717, 1.165) is 18.3 Å². The molecule has 0 saturated heterocycles. The molecule has 0 bridgehead atoms. The first-order chi connectivity index (χ1) is 11.6. The molecule has 0 radical (unpaired) electrons. The molecule has 2 aromatic rings. The Hall–Kier alpha value is -3.34. The number of halogens is 1. The molecule has 0 aliphatic heterocycles. The number of hydrogen-bond donors (Lipinski definition) is 2. The third-order valence-corrected chi connectivity index (χ3v) is 3.03. The summed E-state index contributed by atoms with van der Waals surface area (Å²) in [7, 11) is 0. The van der Waals surface area contributed by atoms with Crippen molar-refractivity contribution in [3.63, 3.8) is 0 Å². The van der Waals surface area contributed by atoms with Crippen molar-refractivity contribution < 1.29 is 24.2 Å². The van der Waals surface area contributed by atoms with Gasteiger partial charge in [-0.15, -0.1) is 0 Å². The Bertz CT molecular complexity index is 862. The molecule has 1 heterocycles. The predicted molar refractivity (Wildman–Crippen MR) is 86.3 cm³/mol. The minimum absolute atomic E-state index is 0.131. The maximum absolute atomic E-state index is 13.7. The van der Waals surface area contributed by atoms with Crippen LogP contribution in [0.25, 0.3) is 0 Å². The summed E-state index contributed by atoms with van der Waals surface area (Å²) in [6.07, 6.45) is 1.12. The van der Waals surface area contributed by atoms with Gasteiger partial charge in [0.25, 0.3) is 5.69 Å². The number of phenolic OH excluding ortho intramolecular Hbond substituents is 1. The van der Waals surface area contributed by atoms with Crippen molar-refractivity contribution in [2.75, 3.05) is 0 Å². The zero-order valence-corrected chi connectivity index (χ0v) is 13.8.